The monoisotopic (exact) mass is 455 g/mol. The average molecular weight is 456 g/mol. The summed E-state index contributed by atoms with van der Waals surface area (Å²) in [5.74, 6) is -1.96. The van der Waals surface area contributed by atoms with Crippen LogP contribution in [0.15, 0.2) is 65.7 Å². The van der Waals surface area contributed by atoms with Gasteiger partial charge in [0.05, 0.1) is 16.3 Å². The summed E-state index contributed by atoms with van der Waals surface area (Å²) in [6, 6.07) is 13.9. The number of amides is 3. The molecule has 156 valence electrons. The Balaban J connectivity index is 1.72. The van der Waals surface area contributed by atoms with E-state index in [-0.39, 0.29) is 27.9 Å². The molecule has 0 unspecified atom stereocenters. The molecule has 0 saturated heterocycles. The summed E-state index contributed by atoms with van der Waals surface area (Å²) in [6.45, 7) is 1.41. The normalized spacial score (nSPS) is 13.7. The molecule has 0 spiro atoms. The van der Waals surface area contributed by atoms with Crippen LogP contribution in [0.5, 0.6) is 0 Å². The van der Waals surface area contributed by atoms with Gasteiger partial charge >= 0.3 is 0 Å². The summed E-state index contributed by atoms with van der Waals surface area (Å²) < 4.78 is 13.6. The number of halogens is 2. The molecule has 2 aromatic carbocycles. The Morgan fingerprint density at radius 3 is 2.35 bits per heavy atom. The minimum Gasteiger partial charge on any atom is -0.350 e. The molecule has 3 amide bonds. The van der Waals surface area contributed by atoms with E-state index in [4.69, 9.17) is 11.6 Å². The number of imide groups is 1. The largest absolute Gasteiger partial charge is 0.350 e. The predicted molar refractivity (Wildman–Crippen MR) is 120 cm³/mol. The molecule has 0 atom stereocenters. The lowest BCUT2D eigenvalue weighted by molar-refractivity contribution is -0.120. The maximum Gasteiger partial charge on any atom is 0.282 e. The molecule has 0 fully saturated rings. The third-order valence-corrected chi connectivity index (χ3v) is 5.66. The van der Waals surface area contributed by atoms with Crippen LogP contribution in [0, 0.1) is 5.82 Å². The van der Waals surface area contributed by atoms with Gasteiger partial charge in [0.1, 0.15) is 11.5 Å². The van der Waals surface area contributed by atoms with E-state index in [9.17, 15) is 18.8 Å². The number of hydrogen-bond donors (Lipinski definition) is 2. The third kappa shape index (κ3) is 4.08. The molecule has 6 nitrogen and oxygen atoms in total. The van der Waals surface area contributed by atoms with Crippen LogP contribution in [0.4, 0.5) is 21.5 Å². The molecule has 31 heavy (non-hydrogen) atoms. The van der Waals surface area contributed by atoms with Crippen molar-refractivity contribution in [1.29, 1.82) is 0 Å². The van der Waals surface area contributed by atoms with Gasteiger partial charge in [0.15, 0.2) is 0 Å². The third-order valence-electron chi connectivity index (χ3n) is 4.49. The number of hydrogen-bond acceptors (Lipinski definition) is 5. The minimum absolute atomic E-state index is 0.0974. The van der Waals surface area contributed by atoms with Gasteiger partial charge in [0, 0.05) is 23.2 Å². The molecule has 0 saturated carbocycles. The van der Waals surface area contributed by atoms with Crippen molar-refractivity contribution in [2.45, 2.75) is 6.92 Å². The lowest BCUT2D eigenvalue weighted by atomic mass is 10.2. The first-order valence-electron chi connectivity index (χ1n) is 9.12. The molecule has 3 aromatic rings. The first kappa shape index (κ1) is 20.8. The standard InChI is InChI=1S/C22H15ClFN3O3S/c1-12(28)25-13-4-6-14(7-5-13)26-20-19(18-3-2-10-31-18)21(29)27(22(20)30)15-8-9-17(24)16(23)11-15/h2-11,26H,1H3,(H,25,28). The van der Waals surface area contributed by atoms with Crippen molar-refractivity contribution in [3.63, 3.8) is 0 Å². The predicted octanol–water partition coefficient (Wildman–Crippen LogP) is 4.90. The van der Waals surface area contributed by atoms with Crippen LogP contribution in [0.1, 0.15) is 11.8 Å². The number of benzene rings is 2. The molecule has 9 heteroatoms. The number of carbonyl (C=O) groups excluding carboxylic acids is 3. The quantitative estimate of drug-likeness (QED) is 0.536. The van der Waals surface area contributed by atoms with Gasteiger partial charge in [-0.2, -0.15) is 0 Å². The van der Waals surface area contributed by atoms with Gasteiger partial charge in [-0.25, -0.2) is 9.29 Å². The van der Waals surface area contributed by atoms with Crippen molar-refractivity contribution in [1.82, 2.24) is 0 Å². The zero-order valence-corrected chi connectivity index (χ0v) is 17.7. The molecule has 0 bridgehead atoms. The van der Waals surface area contributed by atoms with Crippen molar-refractivity contribution in [2.75, 3.05) is 15.5 Å². The van der Waals surface area contributed by atoms with Crippen molar-refractivity contribution in [3.05, 3.63) is 81.4 Å². The smallest absolute Gasteiger partial charge is 0.282 e. The Morgan fingerprint density at radius 2 is 1.74 bits per heavy atom. The molecule has 4 rings (SSSR count). The summed E-state index contributed by atoms with van der Waals surface area (Å²) in [7, 11) is 0. The van der Waals surface area contributed by atoms with Gasteiger partial charge in [-0.1, -0.05) is 17.7 Å². The van der Waals surface area contributed by atoms with Crippen LogP contribution in [0.25, 0.3) is 5.57 Å². The van der Waals surface area contributed by atoms with E-state index in [1.54, 1.807) is 41.8 Å². The fraction of sp³-hybridized carbons (Fsp3) is 0.0455. The Labute approximate surface area is 185 Å². The number of carbonyl (C=O) groups is 3. The number of nitrogens with zero attached hydrogens (tertiary/aromatic N) is 1. The number of nitrogens with one attached hydrogen (secondary N) is 2. The SMILES string of the molecule is CC(=O)Nc1ccc(NC2=C(c3cccs3)C(=O)N(c3ccc(F)c(Cl)c3)C2=O)cc1. The lowest BCUT2D eigenvalue weighted by Crippen LogP contribution is -2.32. The van der Waals surface area contributed by atoms with Gasteiger partial charge < -0.3 is 10.6 Å². The van der Waals surface area contributed by atoms with E-state index in [1.807, 2.05) is 0 Å². The Hall–Kier alpha value is -3.49. The fourth-order valence-electron chi connectivity index (χ4n) is 3.14. The Bertz CT molecular complexity index is 1220. The van der Waals surface area contributed by atoms with Crippen molar-refractivity contribution in [2.24, 2.45) is 0 Å². The number of anilines is 3. The summed E-state index contributed by atoms with van der Waals surface area (Å²) in [5, 5.41) is 7.30. The van der Waals surface area contributed by atoms with E-state index < -0.39 is 17.6 Å². The topological polar surface area (TPSA) is 78.5 Å². The van der Waals surface area contributed by atoms with E-state index in [1.165, 1.54) is 30.4 Å². The van der Waals surface area contributed by atoms with Gasteiger partial charge in [-0.15, -0.1) is 11.3 Å². The lowest BCUT2D eigenvalue weighted by Gasteiger charge is -2.16. The first-order chi connectivity index (χ1) is 14.8. The Morgan fingerprint density at radius 1 is 1.03 bits per heavy atom. The van der Waals surface area contributed by atoms with Crippen LogP contribution in [-0.4, -0.2) is 17.7 Å². The highest BCUT2D eigenvalue weighted by molar-refractivity contribution is 7.11. The van der Waals surface area contributed by atoms with Crippen LogP contribution in [-0.2, 0) is 14.4 Å². The molecule has 2 N–H and O–H groups in total. The van der Waals surface area contributed by atoms with Gasteiger partial charge in [0.25, 0.3) is 11.8 Å². The molecule has 2 heterocycles. The summed E-state index contributed by atoms with van der Waals surface area (Å²) >= 11 is 7.18. The van der Waals surface area contributed by atoms with Crippen LogP contribution in [0.2, 0.25) is 5.02 Å². The molecule has 1 aromatic heterocycles. The fourth-order valence-corrected chi connectivity index (χ4v) is 4.08. The average Bonchev–Trinajstić information content (AvgIpc) is 3.32. The second kappa shape index (κ2) is 8.33. The second-order valence-corrected chi connectivity index (χ2v) is 8.01. The van der Waals surface area contributed by atoms with Crippen molar-refractivity contribution >= 4 is 63.3 Å². The van der Waals surface area contributed by atoms with Crippen molar-refractivity contribution in [3.8, 4) is 0 Å². The van der Waals surface area contributed by atoms with Crippen LogP contribution < -0.4 is 15.5 Å². The maximum absolute atomic E-state index is 13.6. The van der Waals surface area contributed by atoms with Crippen molar-refractivity contribution < 1.29 is 18.8 Å². The highest BCUT2D eigenvalue weighted by Gasteiger charge is 2.40. The highest BCUT2D eigenvalue weighted by Crippen LogP contribution is 2.36. The second-order valence-electron chi connectivity index (χ2n) is 6.65. The maximum atomic E-state index is 13.6. The Kier molecular flexibility index (Phi) is 5.58. The minimum atomic E-state index is -0.645. The van der Waals surface area contributed by atoms with E-state index in [0.29, 0.717) is 16.3 Å². The summed E-state index contributed by atoms with van der Waals surface area (Å²) in [5.41, 5.74) is 1.64. The molecule has 0 radical (unpaired) electrons. The summed E-state index contributed by atoms with van der Waals surface area (Å²) in [4.78, 5) is 39.2. The zero-order valence-electron chi connectivity index (χ0n) is 16.1. The molecule has 0 aliphatic carbocycles. The van der Waals surface area contributed by atoms with Crippen LogP contribution >= 0.6 is 22.9 Å². The number of thiophene rings is 1. The van der Waals surface area contributed by atoms with Crippen LogP contribution in [0.3, 0.4) is 0 Å². The molecule has 1 aliphatic rings. The van der Waals surface area contributed by atoms with E-state index in [0.717, 1.165) is 11.0 Å². The first-order valence-corrected chi connectivity index (χ1v) is 10.4. The zero-order chi connectivity index (χ0) is 22.1. The highest BCUT2D eigenvalue weighted by atomic mass is 35.5. The van der Waals surface area contributed by atoms with Gasteiger partial charge in [-0.3, -0.25) is 14.4 Å². The van der Waals surface area contributed by atoms with E-state index >= 15 is 0 Å². The molecule has 1 aliphatic heterocycles. The molecular formula is C22H15ClFN3O3S. The summed E-state index contributed by atoms with van der Waals surface area (Å²) in [6.07, 6.45) is 0. The molecular weight excluding hydrogens is 441 g/mol. The van der Waals surface area contributed by atoms with Gasteiger partial charge in [-0.05, 0) is 53.9 Å². The number of rotatable bonds is 5. The van der Waals surface area contributed by atoms with Gasteiger partial charge in [0.2, 0.25) is 5.91 Å². The van der Waals surface area contributed by atoms with E-state index in [2.05, 4.69) is 10.6 Å².